The summed E-state index contributed by atoms with van der Waals surface area (Å²) in [6, 6.07) is 164. The standard InChI is InChI=1S/C29H25N.C23H20.4C19H18/c1-21(2)28-24-17-9-11-19-26(24)29(27-20-12-10-18-25(27)28)30(22-13-5-3-6-14-22)23-15-7-4-8-16-23;1-16(2)20-13-14-21(23-10-6-5-9-22(20)23)19-12-11-17-7-3-4-8-18(17)15-19;1-14(2)15-10-12-17(13-11-15)19-9-5-7-16-6-3-4-8-18(16)19;1-14(2)18-12-16-10-6-7-11-17(16)13-19(18)15-8-4-3-5-9-15;1-14(2)15-7-9-17(10-8-15)19-12-11-16-5-3-4-6-18(16)13-19;1-14(2)16-8-9-19-13-17(10-11-18(19)12-16)15-6-4-3-5-7-15/h3-21H,1-2H3;3-16H,1-2H3;4*3-14H,1-2H3. The second-order valence-corrected chi connectivity index (χ2v) is 35.8. The first-order chi connectivity index (χ1) is 63.0. The second-order valence-electron chi connectivity index (χ2n) is 35.8. The SMILES string of the molecule is CC(C)c1c2ccccc2c(N(c2ccccc2)c2ccccc2)c2ccccc12.CC(C)c1cc2ccccc2cc1-c1ccccc1.CC(C)c1ccc(-c2ccc3ccccc3c2)c2ccccc12.CC(C)c1ccc(-c2ccc3ccccc3c2)cc1.CC(C)c1ccc(-c2cccc3ccccc23)cc1.CC(C)c1ccc2cc(-c3ccccc3)ccc2c1. The maximum atomic E-state index is 2.40. The van der Waals surface area contributed by atoms with Crippen molar-refractivity contribution in [3.63, 3.8) is 0 Å². The molecule has 0 saturated heterocycles. The van der Waals surface area contributed by atoms with E-state index in [0.29, 0.717) is 35.5 Å². The molecule has 0 unspecified atom stereocenters. The third kappa shape index (κ3) is 20.6. The van der Waals surface area contributed by atoms with Crippen molar-refractivity contribution in [1.29, 1.82) is 0 Å². The van der Waals surface area contributed by atoms with Gasteiger partial charge in [-0.15, -0.1) is 0 Å². The fraction of sp³-hybridized carbons (Fsp3) is 0.141. The van der Waals surface area contributed by atoms with Gasteiger partial charge in [-0.3, -0.25) is 0 Å². The van der Waals surface area contributed by atoms with Crippen molar-refractivity contribution >= 4 is 103 Å². The van der Waals surface area contributed by atoms with Gasteiger partial charge in [-0.25, -0.2) is 0 Å². The quantitative estimate of drug-likeness (QED) is 0.0981. The van der Waals surface area contributed by atoms with E-state index in [1.54, 1.807) is 0 Å². The van der Waals surface area contributed by atoms with Crippen LogP contribution in [0.15, 0.2) is 455 Å². The lowest BCUT2D eigenvalue weighted by Crippen LogP contribution is -2.11. The predicted octanol–water partition coefficient (Wildman–Crippen LogP) is 37.9. The zero-order chi connectivity index (χ0) is 89.3. The first-order valence-corrected chi connectivity index (χ1v) is 46.2. The Labute approximate surface area is 765 Å². The summed E-state index contributed by atoms with van der Waals surface area (Å²) in [4.78, 5) is 2.40. The molecule has 21 rings (SSSR count). The molecule has 21 aromatic rings. The molecule has 0 aliphatic heterocycles. The van der Waals surface area contributed by atoms with Crippen LogP contribution in [0.2, 0.25) is 0 Å². The van der Waals surface area contributed by atoms with Gasteiger partial charge in [-0.1, -0.05) is 490 Å². The first-order valence-electron chi connectivity index (χ1n) is 46.2. The molecule has 0 atom stereocenters. The van der Waals surface area contributed by atoms with Crippen molar-refractivity contribution in [2.45, 2.75) is 119 Å². The Balaban J connectivity index is 0.000000115. The van der Waals surface area contributed by atoms with E-state index in [9.17, 15) is 0 Å². The highest BCUT2D eigenvalue weighted by Crippen LogP contribution is 2.48. The Bertz CT molecular complexity index is 7220. The van der Waals surface area contributed by atoms with Gasteiger partial charge in [0.25, 0.3) is 0 Å². The van der Waals surface area contributed by atoms with Crippen molar-refractivity contribution < 1.29 is 0 Å². The van der Waals surface area contributed by atoms with Crippen molar-refractivity contribution in [2.24, 2.45) is 0 Å². The lowest BCUT2D eigenvalue weighted by molar-refractivity contribution is 0.867. The molecule has 0 aliphatic rings. The van der Waals surface area contributed by atoms with Gasteiger partial charge in [0.1, 0.15) is 0 Å². The lowest BCUT2D eigenvalue weighted by atomic mass is 9.88. The highest BCUT2D eigenvalue weighted by molar-refractivity contribution is 6.17. The minimum Gasteiger partial charge on any atom is -0.309 e. The van der Waals surface area contributed by atoms with E-state index in [1.165, 1.54) is 181 Å². The van der Waals surface area contributed by atoms with Gasteiger partial charge in [0.2, 0.25) is 0 Å². The summed E-state index contributed by atoms with van der Waals surface area (Å²) in [6.07, 6.45) is 0. The molecule has 0 aromatic heterocycles. The Kier molecular flexibility index (Phi) is 28.2. The van der Waals surface area contributed by atoms with Crippen LogP contribution in [0.3, 0.4) is 0 Å². The molecular formula is C128H117N. The molecule has 1 heteroatoms. The number of anilines is 3. The number of rotatable bonds is 14. The van der Waals surface area contributed by atoms with Crippen LogP contribution in [0.1, 0.15) is 152 Å². The minimum atomic E-state index is 0.441. The molecular weight excluding hydrogens is 1550 g/mol. The minimum absolute atomic E-state index is 0.441. The number of hydrogen-bond donors (Lipinski definition) is 0. The van der Waals surface area contributed by atoms with Crippen molar-refractivity contribution in [3.8, 4) is 55.6 Å². The molecule has 634 valence electrons. The summed E-state index contributed by atoms with van der Waals surface area (Å²) in [5, 5.41) is 21.0. The number of nitrogens with zero attached hydrogens (tertiary/aromatic N) is 1. The van der Waals surface area contributed by atoms with Crippen molar-refractivity contribution in [1.82, 2.24) is 0 Å². The maximum absolute atomic E-state index is 2.40. The molecule has 0 amide bonds. The Hall–Kier alpha value is -14.5. The monoisotopic (exact) mass is 1670 g/mol. The number of hydrogen-bond acceptors (Lipinski definition) is 1. The zero-order valence-corrected chi connectivity index (χ0v) is 76.7. The average Bonchev–Trinajstić information content (AvgIpc) is 0.729. The smallest absolute Gasteiger partial charge is 0.0618 e. The van der Waals surface area contributed by atoms with Crippen LogP contribution < -0.4 is 4.90 Å². The van der Waals surface area contributed by atoms with Gasteiger partial charge in [-0.05, 0) is 248 Å². The fourth-order valence-electron chi connectivity index (χ4n) is 18.0. The Morgan fingerprint density at radius 2 is 0.481 bits per heavy atom. The summed E-state index contributed by atoms with van der Waals surface area (Å²) >= 11 is 0. The molecule has 0 saturated carbocycles. The molecule has 129 heavy (non-hydrogen) atoms. The largest absolute Gasteiger partial charge is 0.309 e. The summed E-state index contributed by atoms with van der Waals surface area (Å²) in [5.41, 5.74) is 25.0. The van der Waals surface area contributed by atoms with Gasteiger partial charge in [0.05, 0.1) is 5.69 Å². The number of fused-ring (bicyclic) bond motifs is 8. The van der Waals surface area contributed by atoms with Crippen LogP contribution in [-0.2, 0) is 0 Å². The van der Waals surface area contributed by atoms with Gasteiger partial charge >= 0.3 is 0 Å². The summed E-state index contributed by atoms with van der Waals surface area (Å²) in [7, 11) is 0. The lowest BCUT2D eigenvalue weighted by Gasteiger charge is -2.30. The molecule has 0 spiro atoms. The van der Waals surface area contributed by atoms with Crippen LogP contribution in [0, 0.1) is 0 Å². The van der Waals surface area contributed by atoms with Crippen molar-refractivity contribution in [3.05, 3.63) is 488 Å². The Morgan fingerprint density at radius 3 is 0.977 bits per heavy atom. The van der Waals surface area contributed by atoms with Gasteiger partial charge in [0.15, 0.2) is 0 Å². The molecule has 21 aromatic carbocycles. The Morgan fingerprint density at radius 1 is 0.155 bits per heavy atom. The van der Waals surface area contributed by atoms with Gasteiger partial charge in [-0.2, -0.15) is 0 Å². The van der Waals surface area contributed by atoms with E-state index in [2.05, 4.69) is 543 Å². The third-order valence-corrected chi connectivity index (χ3v) is 25.0. The normalized spacial score (nSPS) is 11.2. The number of benzene rings is 21. The van der Waals surface area contributed by atoms with Crippen LogP contribution in [-0.4, -0.2) is 0 Å². The number of para-hydroxylation sites is 2. The highest BCUT2D eigenvalue weighted by Gasteiger charge is 2.23. The van der Waals surface area contributed by atoms with Crippen LogP contribution in [0.5, 0.6) is 0 Å². The van der Waals surface area contributed by atoms with Crippen LogP contribution in [0.25, 0.3) is 142 Å². The van der Waals surface area contributed by atoms with E-state index in [0.717, 1.165) is 11.4 Å². The van der Waals surface area contributed by atoms with Gasteiger partial charge < -0.3 is 4.90 Å². The predicted molar refractivity (Wildman–Crippen MR) is 565 cm³/mol. The second kappa shape index (κ2) is 41.3. The van der Waals surface area contributed by atoms with E-state index >= 15 is 0 Å². The molecule has 0 aliphatic carbocycles. The molecule has 0 heterocycles. The van der Waals surface area contributed by atoms with E-state index in [4.69, 9.17) is 0 Å². The summed E-state index contributed by atoms with van der Waals surface area (Å²) < 4.78 is 0. The highest BCUT2D eigenvalue weighted by atomic mass is 15.1. The maximum Gasteiger partial charge on any atom is 0.0618 e. The van der Waals surface area contributed by atoms with Crippen LogP contribution in [0.4, 0.5) is 17.1 Å². The summed E-state index contributed by atoms with van der Waals surface area (Å²) in [5.74, 6) is 3.26. The van der Waals surface area contributed by atoms with Crippen molar-refractivity contribution in [2.75, 3.05) is 4.90 Å². The third-order valence-electron chi connectivity index (χ3n) is 25.0. The van der Waals surface area contributed by atoms with Crippen LogP contribution >= 0.6 is 0 Å². The van der Waals surface area contributed by atoms with E-state index in [1.807, 2.05) is 0 Å². The average molecular weight is 1670 g/mol. The molecule has 0 bridgehead atoms. The topological polar surface area (TPSA) is 3.24 Å². The molecule has 0 radical (unpaired) electrons. The molecule has 0 N–H and O–H groups in total. The first kappa shape index (κ1) is 88.0. The van der Waals surface area contributed by atoms with E-state index in [-0.39, 0.29) is 0 Å². The van der Waals surface area contributed by atoms with E-state index < -0.39 is 0 Å². The fourth-order valence-corrected chi connectivity index (χ4v) is 18.0. The molecule has 0 fully saturated rings. The summed E-state index contributed by atoms with van der Waals surface area (Å²) in [6.45, 7) is 27.0. The zero-order valence-electron chi connectivity index (χ0n) is 76.7. The molecule has 1 nitrogen and oxygen atoms in total. The van der Waals surface area contributed by atoms with Gasteiger partial charge in [0, 0.05) is 22.1 Å².